The van der Waals surface area contributed by atoms with Gasteiger partial charge in [-0.3, -0.25) is 10.1 Å². The molecule has 0 radical (unpaired) electrons. The van der Waals surface area contributed by atoms with Gasteiger partial charge in [0.15, 0.2) is 0 Å². The van der Waals surface area contributed by atoms with Crippen LogP contribution in [0.5, 0.6) is 0 Å². The minimum atomic E-state index is -0.422. The first-order chi connectivity index (χ1) is 9.52. The Bertz CT molecular complexity index is 664. The zero-order valence-corrected chi connectivity index (χ0v) is 13.4. The predicted octanol–water partition coefficient (Wildman–Crippen LogP) is 4.64. The SMILES string of the molecule is CNc1cccc(Nc2ccc(I)cc2Cl)c1[N+](=O)[O-]. The van der Waals surface area contributed by atoms with Gasteiger partial charge in [0.2, 0.25) is 0 Å². The number of halogens is 2. The molecule has 0 fully saturated rings. The molecule has 2 N–H and O–H groups in total. The topological polar surface area (TPSA) is 67.2 Å². The van der Waals surface area contributed by atoms with Gasteiger partial charge in [0, 0.05) is 10.6 Å². The Labute approximate surface area is 134 Å². The molecule has 0 aliphatic carbocycles. The number of benzene rings is 2. The fourth-order valence-corrected chi connectivity index (χ4v) is 2.68. The van der Waals surface area contributed by atoms with Gasteiger partial charge in [-0.1, -0.05) is 17.7 Å². The molecule has 0 aliphatic rings. The van der Waals surface area contributed by atoms with Crippen LogP contribution in [0.3, 0.4) is 0 Å². The molecule has 0 spiro atoms. The summed E-state index contributed by atoms with van der Waals surface area (Å²) in [7, 11) is 1.64. The summed E-state index contributed by atoms with van der Waals surface area (Å²) in [6, 6.07) is 10.5. The Hall–Kier alpha value is -1.54. The van der Waals surface area contributed by atoms with Crippen LogP contribution in [0.25, 0.3) is 0 Å². The number of rotatable bonds is 4. The smallest absolute Gasteiger partial charge is 0.315 e. The van der Waals surface area contributed by atoms with Gasteiger partial charge in [-0.25, -0.2) is 0 Å². The maximum atomic E-state index is 11.2. The highest BCUT2D eigenvalue weighted by Crippen LogP contribution is 2.36. The Kier molecular flexibility index (Phi) is 4.66. The van der Waals surface area contributed by atoms with E-state index in [4.69, 9.17) is 11.6 Å². The molecule has 2 aromatic carbocycles. The van der Waals surface area contributed by atoms with E-state index in [-0.39, 0.29) is 5.69 Å². The van der Waals surface area contributed by atoms with Crippen molar-refractivity contribution in [3.8, 4) is 0 Å². The van der Waals surface area contributed by atoms with Crippen molar-refractivity contribution in [2.24, 2.45) is 0 Å². The first-order valence-electron chi connectivity index (χ1n) is 5.70. The molecule has 7 heteroatoms. The van der Waals surface area contributed by atoms with Crippen molar-refractivity contribution in [3.05, 3.63) is 55.1 Å². The third kappa shape index (κ3) is 3.13. The summed E-state index contributed by atoms with van der Waals surface area (Å²) in [6.45, 7) is 0. The maximum Gasteiger partial charge on any atom is 0.315 e. The molecule has 0 aliphatic heterocycles. The number of nitro benzene ring substituents is 1. The van der Waals surface area contributed by atoms with Crippen LogP contribution in [-0.4, -0.2) is 12.0 Å². The van der Waals surface area contributed by atoms with Gasteiger partial charge in [0.1, 0.15) is 11.4 Å². The van der Waals surface area contributed by atoms with E-state index in [0.29, 0.717) is 22.1 Å². The molecule has 20 heavy (non-hydrogen) atoms. The van der Waals surface area contributed by atoms with Crippen LogP contribution in [0, 0.1) is 13.7 Å². The minimum Gasteiger partial charge on any atom is -0.382 e. The molecule has 0 heterocycles. The lowest BCUT2D eigenvalue weighted by atomic mass is 10.2. The monoisotopic (exact) mass is 403 g/mol. The quantitative estimate of drug-likeness (QED) is 0.443. The standard InChI is InChI=1S/C13H11ClIN3O2/c1-16-11-3-2-4-12(13(11)18(19)20)17-10-6-5-8(15)7-9(10)14/h2-7,16-17H,1H3. The van der Waals surface area contributed by atoms with Gasteiger partial charge >= 0.3 is 5.69 Å². The normalized spacial score (nSPS) is 10.2. The molecule has 2 rings (SSSR count). The van der Waals surface area contributed by atoms with E-state index in [1.165, 1.54) is 0 Å². The summed E-state index contributed by atoms with van der Waals surface area (Å²) < 4.78 is 0.997. The van der Waals surface area contributed by atoms with E-state index < -0.39 is 4.92 Å². The van der Waals surface area contributed by atoms with Crippen LogP contribution in [0.15, 0.2) is 36.4 Å². The molecule has 0 saturated carbocycles. The number of anilines is 3. The Balaban J connectivity index is 2.45. The van der Waals surface area contributed by atoms with Gasteiger partial charge in [-0.2, -0.15) is 0 Å². The molecule has 0 aromatic heterocycles. The summed E-state index contributed by atoms with van der Waals surface area (Å²) in [5, 5.41) is 17.6. The zero-order valence-electron chi connectivity index (χ0n) is 10.5. The van der Waals surface area contributed by atoms with E-state index >= 15 is 0 Å². The molecule has 0 saturated heterocycles. The number of hydrogen-bond donors (Lipinski definition) is 2. The molecule has 0 bridgehead atoms. The Morgan fingerprint density at radius 3 is 2.50 bits per heavy atom. The van der Waals surface area contributed by atoms with E-state index in [9.17, 15) is 10.1 Å². The summed E-state index contributed by atoms with van der Waals surface area (Å²) in [4.78, 5) is 10.8. The van der Waals surface area contributed by atoms with E-state index in [0.717, 1.165) is 3.57 Å². The summed E-state index contributed by atoms with van der Waals surface area (Å²) in [5.41, 5.74) is 1.46. The van der Waals surface area contributed by atoms with Crippen molar-refractivity contribution in [2.45, 2.75) is 0 Å². The Morgan fingerprint density at radius 2 is 1.90 bits per heavy atom. The lowest BCUT2D eigenvalue weighted by Crippen LogP contribution is -2.01. The van der Waals surface area contributed by atoms with Gasteiger partial charge in [-0.15, -0.1) is 0 Å². The van der Waals surface area contributed by atoms with E-state index in [2.05, 4.69) is 33.2 Å². The molecular formula is C13H11ClIN3O2. The van der Waals surface area contributed by atoms with Crippen molar-refractivity contribution < 1.29 is 4.92 Å². The van der Waals surface area contributed by atoms with Gasteiger partial charge in [0.25, 0.3) is 0 Å². The first kappa shape index (κ1) is 14.9. The highest BCUT2D eigenvalue weighted by atomic mass is 127. The maximum absolute atomic E-state index is 11.2. The molecule has 0 atom stereocenters. The van der Waals surface area contributed by atoms with Crippen LogP contribution in [0.1, 0.15) is 0 Å². The second-order valence-electron chi connectivity index (χ2n) is 3.96. The fourth-order valence-electron chi connectivity index (χ4n) is 1.78. The highest BCUT2D eigenvalue weighted by molar-refractivity contribution is 14.1. The van der Waals surface area contributed by atoms with Gasteiger partial charge < -0.3 is 10.6 Å². The van der Waals surface area contributed by atoms with Crippen molar-refractivity contribution in [1.82, 2.24) is 0 Å². The second-order valence-corrected chi connectivity index (χ2v) is 5.61. The van der Waals surface area contributed by atoms with Crippen LogP contribution in [-0.2, 0) is 0 Å². The molecule has 2 aromatic rings. The lowest BCUT2D eigenvalue weighted by Gasteiger charge is -2.11. The summed E-state index contributed by atoms with van der Waals surface area (Å²) in [5.74, 6) is 0. The molecular weight excluding hydrogens is 393 g/mol. The van der Waals surface area contributed by atoms with Crippen LogP contribution in [0.4, 0.5) is 22.7 Å². The predicted molar refractivity (Wildman–Crippen MR) is 90.1 cm³/mol. The largest absolute Gasteiger partial charge is 0.382 e. The van der Waals surface area contributed by atoms with Gasteiger partial charge in [-0.05, 0) is 52.9 Å². The number of nitro groups is 1. The molecule has 5 nitrogen and oxygen atoms in total. The van der Waals surface area contributed by atoms with Gasteiger partial charge in [0.05, 0.1) is 15.6 Å². The third-order valence-corrected chi connectivity index (χ3v) is 3.67. The van der Waals surface area contributed by atoms with E-state index in [1.54, 1.807) is 37.4 Å². The average molecular weight is 404 g/mol. The summed E-state index contributed by atoms with van der Waals surface area (Å²) >= 11 is 8.28. The zero-order chi connectivity index (χ0) is 14.7. The molecule has 0 unspecified atom stereocenters. The number of para-hydroxylation sites is 1. The molecule has 0 amide bonds. The second kappa shape index (κ2) is 6.27. The van der Waals surface area contributed by atoms with Crippen molar-refractivity contribution >= 4 is 56.9 Å². The fraction of sp³-hybridized carbons (Fsp3) is 0.0769. The molecule has 104 valence electrons. The number of hydrogen-bond acceptors (Lipinski definition) is 4. The summed E-state index contributed by atoms with van der Waals surface area (Å²) in [6.07, 6.45) is 0. The van der Waals surface area contributed by atoms with Crippen molar-refractivity contribution in [1.29, 1.82) is 0 Å². The van der Waals surface area contributed by atoms with E-state index in [1.807, 2.05) is 6.07 Å². The van der Waals surface area contributed by atoms with Crippen LogP contribution in [0.2, 0.25) is 5.02 Å². The minimum absolute atomic E-state index is 0.00961. The lowest BCUT2D eigenvalue weighted by molar-refractivity contribution is -0.383. The third-order valence-electron chi connectivity index (χ3n) is 2.69. The number of nitrogens with one attached hydrogen (secondary N) is 2. The first-order valence-corrected chi connectivity index (χ1v) is 7.16. The Morgan fingerprint density at radius 1 is 1.20 bits per heavy atom. The van der Waals surface area contributed by atoms with Crippen LogP contribution >= 0.6 is 34.2 Å². The van der Waals surface area contributed by atoms with Crippen molar-refractivity contribution in [2.75, 3.05) is 17.7 Å². The number of nitrogens with zero attached hydrogens (tertiary/aromatic N) is 1. The highest BCUT2D eigenvalue weighted by Gasteiger charge is 2.19. The average Bonchev–Trinajstić information content (AvgIpc) is 2.41. The van der Waals surface area contributed by atoms with Crippen LogP contribution < -0.4 is 10.6 Å². The van der Waals surface area contributed by atoms with Crippen molar-refractivity contribution in [3.63, 3.8) is 0 Å².